The summed E-state index contributed by atoms with van der Waals surface area (Å²) in [7, 11) is 0. The molecule has 0 saturated carbocycles. The Morgan fingerprint density at radius 1 is 1.18 bits per heavy atom. The molecule has 2 amide bonds. The molecule has 10 nitrogen and oxygen atoms in total. The van der Waals surface area contributed by atoms with Crippen LogP contribution in [0, 0.1) is 10.1 Å². The maximum Gasteiger partial charge on any atom is 0.311 e. The second-order valence-electron chi connectivity index (χ2n) is 7.50. The van der Waals surface area contributed by atoms with Gasteiger partial charge in [0.25, 0.3) is 5.91 Å². The van der Waals surface area contributed by atoms with Crippen LogP contribution in [-0.4, -0.2) is 60.3 Å². The maximum absolute atomic E-state index is 12.9. The van der Waals surface area contributed by atoms with Crippen LogP contribution in [0.3, 0.4) is 0 Å². The molecule has 0 N–H and O–H groups in total. The zero-order chi connectivity index (χ0) is 23.5. The van der Waals surface area contributed by atoms with Crippen molar-refractivity contribution in [2.45, 2.75) is 6.92 Å². The van der Waals surface area contributed by atoms with Crippen LogP contribution < -0.4 is 9.64 Å². The summed E-state index contributed by atoms with van der Waals surface area (Å²) >= 11 is 0. The molecule has 0 bridgehead atoms. The Labute approximate surface area is 189 Å². The van der Waals surface area contributed by atoms with Crippen LogP contribution in [0.2, 0.25) is 0 Å². The Morgan fingerprint density at radius 2 is 1.91 bits per heavy atom. The summed E-state index contributed by atoms with van der Waals surface area (Å²) in [5.74, 6) is -1.05. The molecule has 0 radical (unpaired) electrons. The molecule has 2 aliphatic rings. The first-order valence-corrected chi connectivity index (χ1v) is 10.3. The van der Waals surface area contributed by atoms with E-state index in [1.54, 1.807) is 29.2 Å². The molecule has 2 heterocycles. The Morgan fingerprint density at radius 3 is 2.61 bits per heavy atom. The lowest BCUT2D eigenvalue weighted by molar-refractivity contribution is -0.385. The fourth-order valence-corrected chi connectivity index (χ4v) is 3.79. The summed E-state index contributed by atoms with van der Waals surface area (Å²) in [5.41, 5.74) is 0.953. The molecule has 0 atom stereocenters. The molecule has 33 heavy (non-hydrogen) atoms. The van der Waals surface area contributed by atoms with Crippen molar-refractivity contribution in [3.8, 4) is 5.75 Å². The van der Waals surface area contributed by atoms with Crippen LogP contribution in [0.1, 0.15) is 22.8 Å². The van der Waals surface area contributed by atoms with Crippen molar-refractivity contribution >= 4 is 35.0 Å². The zero-order valence-corrected chi connectivity index (χ0v) is 17.9. The largest absolute Gasteiger partial charge is 0.477 e. The number of ether oxygens (including phenoxy) is 2. The average Bonchev–Trinajstić information content (AvgIpc) is 3.10. The normalized spacial score (nSPS) is 16.6. The highest BCUT2D eigenvalue weighted by atomic mass is 16.6. The summed E-state index contributed by atoms with van der Waals surface area (Å²) in [6.45, 7) is 2.77. The minimum Gasteiger partial charge on any atom is -0.477 e. The van der Waals surface area contributed by atoms with Crippen LogP contribution in [-0.2, 0) is 14.3 Å². The van der Waals surface area contributed by atoms with E-state index in [9.17, 15) is 24.5 Å². The summed E-state index contributed by atoms with van der Waals surface area (Å²) in [6, 6.07) is 10.9. The number of benzene rings is 2. The number of hydrogen-bond donors (Lipinski definition) is 0. The molecule has 0 unspecified atom stereocenters. The first-order valence-electron chi connectivity index (χ1n) is 10.3. The molecular weight excluding hydrogens is 430 g/mol. The van der Waals surface area contributed by atoms with Crippen molar-refractivity contribution in [2.24, 2.45) is 0 Å². The number of nitrogens with zero attached hydrogens (tertiary/aromatic N) is 3. The molecule has 1 saturated heterocycles. The number of para-hydroxylation sites is 1. The Bertz CT molecular complexity index is 1170. The quantitative estimate of drug-likeness (QED) is 0.389. The highest BCUT2D eigenvalue weighted by molar-refractivity contribution is 6.26. The second kappa shape index (κ2) is 9.21. The van der Waals surface area contributed by atoms with Gasteiger partial charge in [0.05, 0.1) is 29.5 Å². The van der Waals surface area contributed by atoms with Crippen LogP contribution in [0.5, 0.6) is 5.75 Å². The average molecular weight is 451 g/mol. The van der Waals surface area contributed by atoms with Crippen molar-refractivity contribution in [1.82, 2.24) is 4.90 Å². The third-order valence-electron chi connectivity index (χ3n) is 5.38. The molecule has 2 aliphatic heterocycles. The van der Waals surface area contributed by atoms with Gasteiger partial charge in [-0.05, 0) is 29.8 Å². The van der Waals surface area contributed by atoms with Crippen molar-refractivity contribution in [1.29, 1.82) is 0 Å². The smallest absolute Gasteiger partial charge is 0.311 e. The fourth-order valence-electron chi connectivity index (χ4n) is 3.79. The highest BCUT2D eigenvalue weighted by Gasteiger charge is 2.34. The summed E-state index contributed by atoms with van der Waals surface area (Å²) in [5, 5.41) is 11.6. The van der Waals surface area contributed by atoms with Gasteiger partial charge in [0.2, 0.25) is 11.7 Å². The van der Waals surface area contributed by atoms with Crippen molar-refractivity contribution in [2.75, 3.05) is 37.8 Å². The number of rotatable bonds is 5. The standard InChI is InChI=1S/C23H21N3O7/c1-15(27)25-18-5-3-2-4-17(18)23(29)20(25)13-16-6-7-21(19(12-16)26(30)31)33-14-22(28)24-8-10-32-11-9-24/h2-7,12-13H,8-11,14H2,1H3. The van der Waals surface area contributed by atoms with Crippen LogP contribution in [0.15, 0.2) is 48.2 Å². The first kappa shape index (κ1) is 22.2. The molecule has 0 aliphatic carbocycles. The number of fused-ring (bicyclic) bond motifs is 1. The van der Waals surface area contributed by atoms with E-state index in [4.69, 9.17) is 9.47 Å². The lowest BCUT2D eigenvalue weighted by Crippen LogP contribution is -2.43. The number of amides is 2. The van der Waals surface area contributed by atoms with E-state index in [1.165, 1.54) is 36.1 Å². The van der Waals surface area contributed by atoms with Gasteiger partial charge in [-0.25, -0.2) is 0 Å². The topological polar surface area (TPSA) is 119 Å². The van der Waals surface area contributed by atoms with E-state index < -0.39 is 4.92 Å². The van der Waals surface area contributed by atoms with E-state index >= 15 is 0 Å². The molecule has 2 aromatic carbocycles. The van der Waals surface area contributed by atoms with E-state index in [0.29, 0.717) is 43.1 Å². The summed E-state index contributed by atoms with van der Waals surface area (Å²) < 4.78 is 10.6. The van der Waals surface area contributed by atoms with Gasteiger partial charge in [-0.2, -0.15) is 0 Å². The molecular formula is C23H21N3O7. The van der Waals surface area contributed by atoms with Gasteiger partial charge in [0, 0.05) is 31.6 Å². The van der Waals surface area contributed by atoms with Crippen molar-refractivity contribution in [3.63, 3.8) is 0 Å². The van der Waals surface area contributed by atoms with Crippen LogP contribution in [0.4, 0.5) is 11.4 Å². The highest BCUT2D eigenvalue weighted by Crippen LogP contribution is 2.36. The van der Waals surface area contributed by atoms with Crippen molar-refractivity contribution < 1.29 is 28.8 Å². The Balaban J connectivity index is 1.59. The minimum absolute atomic E-state index is 0.0618. The number of carbonyl (C=O) groups excluding carboxylic acids is 3. The van der Waals surface area contributed by atoms with E-state index in [2.05, 4.69) is 0 Å². The molecule has 10 heteroatoms. The van der Waals surface area contributed by atoms with E-state index in [-0.39, 0.29) is 41.3 Å². The Kier molecular flexibility index (Phi) is 6.18. The minimum atomic E-state index is -0.621. The zero-order valence-electron chi connectivity index (χ0n) is 17.9. The van der Waals surface area contributed by atoms with Gasteiger partial charge in [0.15, 0.2) is 12.4 Å². The number of ketones is 1. The number of carbonyl (C=O) groups is 3. The molecule has 170 valence electrons. The SMILES string of the molecule is CC(=O)N1C(=Cc2ccc(OCC(=O)N3CCOCC3)c([N+](=O)[O-])c2)C(=O)c2ccccc21. The maximum atomic E-state index is 12.9. The summed E-state index contributed by atoms with van der Waals surface area (Å²) in [4.78, 5) is 51.2. The van der Waals surface area contributed by atoms with Gasteiger partial charge in [0.1, 0.15) is 0 Å². The monoisotopic (exact) mass is 451 g/mol. The van der Waals surface area contributed by atoms with Gasteiger partial charge in [-0.1, -0.05) is 18.2 Å². The van der Waals surface area contributed by atoms with E-state index in [0.717, 1.165) is 0 Å². The van der Waals surface area contributed by atoms with Gasteiger partial charge >= 0.3 is 5.69 Å². The number of anilines is 1. The predicted octanol–water partition coefficient (Wildman–Crippen LogP) is 2.42. The number of morpholine rings is 1. The predicted molar refractivity (Wildman–Crippen MR) is 118 cm³/mol. The lowest BCUT2D eigenvalue weighted by Gasteiger charge is -2.26. The van der Waals surface area contributed by atoms with E-state index in [1.807, 2.05) is 0 Å². The molecule has 0 spiro atoms. The number of allylic oxidation sites excluding steroid dienone is 1. The Hall–Kier alpha value is -4.05. The molecule has 0 aromatic heterocycles. The van der Waals surface area contributed by atoms with Gasteiger partial charge < -0.3 is 14.4 Å². The third kappa shape index (κ3) is 4.46. The van der Waals surface area contributed by atoms with Gasteiger partial charge in [-0.3, -0.25) is 29.4 Å². The number of nitro benzene ring substituents is 1. The fraction of sp³-hybridized carbons (Fsp3) is 0.261. The lowest BCUT2D eigenvalue weighted by atomic mass is 10.1. The third-order valence-corrected chi connectivity index (χ3v) is 5.38. The first-order chi connectivity index (χ1) is 15.9. The number of hydrogen-bond acceptors (Lipinski definition) is 7. The second-order valence-corrected chi connectivity index (χ2v) is 7.50. The number of Topliss-reactive ketones (excluding diaryl/α,β-unsaturated/α-hetero) is 1. The summed E-state index contributed by atoms with van der Waals surface area (Å²) in [6.07, 6.45) is 1.43. The molecule has 4 rings (SSSR count). The van der Waals surface area contributed by atoms with Gasteiger partial charge in [-0.15, -0.1) is 0 Å². The van der Waals surface area contributed by atoms with Crippen LogP contribution >= 0.6 is 0 Å². The molecule has 2 aromatic rings. The molecule has 1 fully saturated rings. The number of nitro groups is 1. The van der Waals surface area contributed by atoms with Crippen LogP contribution in [0.25, 0.3) is 6.08 Å². The van der Waals surface area contributed by atoms with Crippen molar-refractivity contribution in [3.05, 3.63) is 69.4 Å².